The Morgan fingerprint density at radius 3 is 2.29 bits per heavy atom. The highest BCUT2D eigenvalue weighted by molar-refractivity contribution is 6.00. The second-order valence-electron chi connectivity index (χ2n) is 12.8. The molecule has 1 aromatic heterocycles. The summed E-state index contributed by atoms with van der Waals surface area (Å²) in [6, 6.07) is 23.4. The highest BCUT2D eigenvalue weighted by Gasteiger charge is 2.32. The van der Waals surface area contributed by atoms with Crippen LogP contribution in [-0.4, -0.2) is 68.3 Å². The Morgan fingerprint density at radius 2 is 1.61 bits per heavy atom. The van der Waals surface area contributed by atoms with Crippen LogP contribution in [0.4, 0.5) is 10.5 Å². The largest absolute Gasteiger partial charge is 0.394 e. The summed E-state index contributed by atoms with van der Waals surface area (Å²) >= 11 is 0. The summed E-state index contributed by atoms with van der Waals surface area (Å²) in [4.78, 5) is 44.9. The van der Waals surface area contributed by atoms with E-state index in [9.17, 15) is 19.5 Å². The lowest BCUT2D eigenvalue weighted by molar-refractivity contribution is 0.0544. The molecule has 0 bridgehead atoms. The van der Waals surface area contributed by atoms with Crippen LogP contribution >= 0.6 is 0 Å². The van der Waals surface area contributed by atoms with Gasteiger partial charge < -0.3 is 25.5 Å². The van der Waals surface area contributed by atoms with Crippen LogP contribution in [0, 0.1) is 6.92 Å². The number of amides is 4. The Bertz CT molecular complexity index is 1750. The van der Waals surface area contributed by atoms with E-state index in [2.05, 4.69) is 24.5 Å². The van der Waals surface area contributed by atoms with E-state index in [1.807, 2.05) is 73.3 Å². The number of carbonyl (C=O) groups is 3. The van der Waals surface area contributed by atoms with Gasteiger partial charge in [-0.2, -0.15) is 5.10 Å². The average Bonchev–Trinajstić information content (AvgIpc) is 3.51. The Balaban J connectivity index is 1.49. The molecule has 0 spiro atoms. The lowest BCUT2D eigenvalue weighted by Crippen LogP contribution is -2.46. The summed E-state index contributed by atoms with van der Waals surface area (Å²) in [5, 5.41) is 21.0. The van der Waals surface area contributed by atoms with Crippen molar-refractivity contribution in [3.63, 3.8) is 0 Å². The predicted octanol–water partition coefficient (Wildman–Crippen LogP) is 6.67. The Labute approximate surface area is 289 Å². The number of aliphatic hydroxyl groups is 1. The number of benzene rings is 3. The van der Waals surface area contributed by atoms with E-state index in [4.69, 9.17) is 5.10 Å². The number of aryl methyl sites for hydroxylation is 1. The zero-order valence-electron chi connectivity index (χ0n) is 29.0. The number of unbranched alkanes of at least 4 members (excludes halogenated alkanes) is 2. The molecule has 0 saturated carbocycles. The minimum atomic E-state index is -0.427. The number of carbonyl (C=O) groups excluding carboxylic acids is 3. The van der Waals surface area contributed by atoms with Crippen LogP contribution in [0.2, 0.25) is 0 Å². The number of nitrogens with zero attached hydrogens (tertiary/aromatic N) is 4. The van der Waals surface area contributed by atoms with Gasteiger partial charge >= 0.3 is 6.03 Å². The first kappa shape index (κ1) is 35.3. The summed E-state index contributed by atoms with van der Waals surface area (Å²) in [7, 11) is 0. The summed E-state index contributed by atoms with van der Waals surface area (Å²) < 4.78 is 1.63. The summed E-state index contributed by atoms with van der Waals surface area (Å²) in [5.41, 5.74) is 5.31. The maximum atomic E-state index is 14.5. The molecular weight excluding hydrogens is 616 g/mol. The van der Waals surface area contributed by atoms with E-state index < -0.39 is 12.1 Å². The number of anilines is 1. The summed E-state index contributed by atoms with van der Waals surface area (Å²) in [6.07, 6.45) is 4.30. The number of rotatable bonds is 13. The molecule has 1 unspecified atom stereocenters. The topological polar surface area (TPSA) is 120 Å². The molecule has 0 fully saturated rings. The quantitative estimate of drug-likeness (QED) is 0.148. The van der Waals surface area contributed by atoms with Gasteiger partial charge in [-0.05, 0) is 74.1 Å². The zero-order chi connectivity index (χ0) is 34.9. The number of fused-ring (bicyclic) bond motifs is 1. The van der Waals surface area contributed by atoms with Gasteiger partial charge in [0.1, 0.15) is 0 Å². The van der Waals surface area contributed by atoms with Crippen LogP contribution in [0.15, 0.2) is 78.9 Å². The van der Waals surface area contributed by atoms with Crippen molar-refractivity contribution < 1.29 is 19.5 Å². The fourth-order valence-corrected chi connectivity index (χ4v) is 6.30. The third-order valence-electron chi connectivity index (χ3n) is 9.14. The van der Waals surface area contributed by atoms with Gasteiger partial charge in [-0.3, -0.25) is 9.59 Å². The van der Waals surface area contributed by atoms with E-state index in [0.717, 1.165) is 42.4 Å². The van der Waals surface area contributed by atoms with Crippen molar-refractivity contribution in [3.8, 4) is 5.69 Å². The first-order chi connectivity index (χ1) is 23.7. The van der Waals surface area contributed by atoms with Gasteiger partial charge in [0, 0.05) is 31.0 Å². The van der Waals surface area contributed by atoms with Gasteiger partial charge in [0.2, 0.25) is 0 Å². The Kier molecular flexibility index (Phi) is 11.9. The van der Waals surface area contributed by atoms with E-state index in [1.165, 1.54) is 0 Å². The zero-order valence-corrected chi connectivity index (χ0v) is 29.0. The number of urea groups is 1. The van der Waals surface area contributed by atoms with Crippen LogP contribution < -0.4 is 10.6 Å². The van der Waals surface area contributed by atoms with Gasteiger partial charge in [-0.25, -0.2) is 9.48 Å². The normalized spacial score (nSPS) is 14.6. The number of aromatic nitrogens is 2. The minimum absolute atomic E-state index is 0.132. The molecule has 2 heterocycles. The van der Waals surface area contributed by atoms with Gasteiger partial charge in [-0.1, -0.05) is 81.3 Å². The van der Waals surface area contributed by atoms with Crippen LogP contribution in [0.1, 0.15) is 95.7 Å². The third kappa shape index (κ3) is 8.37. The van der Waals surface area contributed by atoms with Crippen LogP contribution in [0.25, 0.3) is 5.69 Å². The maximum Gasteiger partial charge on any atom is 0.319 e. The molecule has 0 radical (unpaired) electrons. The SMILES string of the molecule is CCCCN(CCCC)C(=O)c1cc(C)n(-c2ccc(NC(=O)N[C@H](C)c3ccccc3)cc2C(=O)N2Cc3ccccc3CC2CO)n1. The second kappa shape index (κ2) is 16.4. The summed E-state index contributed by atoms with van der Waals surface area (Å²) in [6.45, 7) is 9.43. The number of aliphatic hydroxyl groups excluding tert-OH is 1. The molecule has 258 valence electrons. The predicted molar refractivity (Wildman–Crippen MR) is 192 cm³/mol. The number of nitrogens with one attached hydrogen (secondary N) is 2. The monoisotopic (exact) mass is 664 g/mol. The lowest BCUT2D eigenvalue weighted by Gasteiger charge is -2.36. The molecule has 3 aromatic carbocycles. The van der Waals surface area contributed by atoms with E-state index >= 15 is 0 Å². The second-order valence-corrected chi connectivity index (χ2v) is 12.8. The van der Waals surface area contributed by atoms with Crippen molar-refractivity contribution in [2.24, 2.45) is 0 Å². The highest BCUT2D eigenvalue weighted by Crippen LogP contribution is 2.29. The minimum Gasteiger partial charge on any atom is -0.394 e. The smallest absolute Gasteiger partial charge is 0.319 e. The highest BCUT2D eigenvalue weighted by atomic mass is 16.3. The number of hydrogen-bond acceptors (Lipinski definition) is 5. The van der Waals surface area contributed by atoms with E-state index in [-0.39, 0.29) is 24.5 Å². The molecule has 0 aliphatic carbocycles. The van der Waals surface area contributed by atoms with Crippen molar-refractivity contribution in [2.75, 3.05) is 25.0 Å². The van der Waals surface area contributed by atoms with Crippen LogP contribution in [0.3, 0.4) is 0 Å². The molecule has 10 nitrogen and oxygen atoms in total. The Hall–Kier alpha value is -4.96. The molecular formula is C39H48N6O4. The van der Waals surface area contributed by atoms with E-state index in [0.29, 0.717) is 54.4 Å². The molecule has 0 saturated heterocycles. The lowest BCUT2D eigenvalue weighted by atomic mass is 9.93. The van der Waals surface area contributed by atoms with Crippen molar-refractivity contribution in [2.45, 2.75) is 78.4 Å². The molecule has 4 amide bonds. The van der Waals surface area contributed by atoms with Crippen molar-refractivity contribution in [3.05, 3.63) is 113 Å². The maximum absolute atomic E-state index is 14.5. The van der Waals surface area contributed by atoms with Gasteiger partial charge in [0.05, 0.1) is 29.9 Å². The molecule has 4 aromatic rings. The molecule has 1 aliphatic rings. The third-order valence-corrected chi connectivity index (χ3v) is 9.14. The standard InChI is InChI=1S/C39H48N6O4/c1-5-7-20-43(21-8-6-2)38(48)35-22-27(3)45(42-35)36-19-18-32(41-39(49)40-28(4)29-14-10-9-11-15-29)24-34(36)37(47)44-25-31-17-13-12-16-30(31)23-33(44)26-46/h9-19,22,24,28,33,46H,5-8,20-21,23,25-26H2,1-4H3,(H2,40,41,49)/t28-,33?/m1/s1. The van der Waals surface area contributed by atoms with Gasteiger partial charge in [0.25, 0.3) is 11.8 Å². The summed E-state index contributed by atoms with van der Waals surface area (Å²) in [5.74, 6) is -0.437. The fraction of sp³-hybridized carbons (Fsp3) is 0.385. The average molecular weight is 665 g/mol. The van der Waals surface area contributed by atoms with Gasteiger partial charge in [-0.15, -0.1) is 0 Å². The van der Waals surface area contributed by atoms with Crippen LogP contribution in [-0.2, 0) is 13.0 Å². The first-order valence-electron chi connectivity index (χ1n) is 17.3. The molecule has 10 heteroatoms. The molecule has 1 aliphatic heterocycles. The van der Waals surface area contributed by atoms with Crippen molar-refractivity contribution >= 4 is 23.5 Å². The Morgan fingerprint density at radius 1 is 0.939 bits per heavy atom. The molecule has 5 rings (SSSR count). The first-order valence-corrected chi connectivity index (χ1v) is 17.3. The molecule has 3 N–H and O–H groups in total. The molecule has 2 atom stereocenters. The van der Waals surface area contributed by atoms with E-state index in [1.54, 1.807) is 33.8 Å². The fourth-order valence-electron chi connectivity index (χ4n) is 6.30. The number of hydrogen-bond donors (Lipinski definition) is 3. The van der Waals surface area contributed by atoms with Crippen molar-refractivity contribution in [1.29, 1.82) is 0 Å². The van der Waals surface area contributed by atoms with Crippen molar-refractivity contribution in [1.82, 2.24) is 24.9 Å². The molecule has 49 heavy (non-hydrogen) atoms. The van der Waals surface area contributed by atoms with Crippen LogP contribution in [0.5, 0.6) is 0 Å². The van der Waals surface area contributed by atoms with Gasteiger partial charge in [0.15, 0.2) is 5.69 Å².